The molecule has 0 bridgehead atoms. The summed E-state index contributed by atoms with van der Waals surface area (Å²) in [5.74, 6) is 0. The molecule has 0 heterocycles. The summed E-state index contributed by atoms with van der Waals surface area (Å²) in [6.07, 6.45) is 2.08. The van der Waals surface area contributed by atoms with Gasteiger partial charge in [0.25, 0.3) is 0 Å². The highest BCUT2D eigenvalue weighted by Crippen LogP contribution is 2.28. The Morgan fingerprint density at radius 1 is 1.14 bits per heavy atom. The smallest absolute Gasteiger partial charge is 0.0590 e. The molecule has 0 spiro atoms. The van der Waals surface area contributed by atoms with Gasteiger partial charge in [-0.15, -0.1) is 0 Å². The predicted molar refractivity (Wildman–Crippen MR) is 90.5 cm³/mol. The number of methoxy groups -OCH3 is 1. The van der Waals surface area contributed by atoms with Crippen LogP contribution in [0.1, 0.15) is 50.8 Å². The average molecular weight is 292 g/mol. The van der Waals surface area contributed by atoms with E-state index >= 15 is 0 Å². The molecule has 3 atom stereocenters. The van der Waals surface area contributed by atoms with Crippen LogP contribution < -0.4 is 5.73 Å². The van der Waals surface area contributed by atoms with Crippen molar-refractivity contribution < 1.29 is 4.74 Å². The van der Waals surface area contributed by atoms with Crippen molar-refractivity contribution in [3.8, 4) is 0 Å². The van der Waals surface area contributed by atoms with E-state index in [1.807, 2.05) is 0 Å². The van der Waals surface area contributed by atoms with Crippen molar-refractivity contribution >= 4 is 0 Å². The van der Waals surface area contributed by atoms with Crippen molar-refractivity contribution in [2.75, 3.05) is 20.3 Å². The van der Waals surface area contributed by atoms with Crippen LogP contribution in [-0.4, -0.2) is 37.2 Å². The second-order valence-corrected chi connectivity index (χ2v) is 5.92. The van der Waals surface area contributed by atoms with Crippen molar-refractivity contribution in [3.05, 3.63) is 35.4 Å². The van der Waals surface area contributed by atoms with E-state index in [2.05, 4.69) is 56.9 Å². The van der Waals surface area contributed by atoms with Crippen LogP contribution in [0.5, 0.6) is 0 Å². The summed E-state index contributed by atoms with van der Waals surface area (Å²) < 4.78 is 5.30. The molecule has 1 aromatic carbocycles. The summed E-state index contributed by atoms with van der Waals surface area (Å²) in [4.78, 5) is 2.50. The van der Waals surface area contributed by atoms with Gasteiger partial charge in [0.1, 0.15) is 0 Å². The molecule has 120 valence electrons. The van der Waals surface area contributed by atoms with Gasteiger partial charge in [0.05, 0.1) is 12.6 Å². The molecule has 0 amide bonds. The van der Waals surface area contributed by atoms with E-state index in [0.717, 1.165) is 26.0 Å². The molecular weight excluding hydrogens is 260 g/mol. The van der Waals surface area contributed by atoms with Crippen LogP contribution >= 0.6 is 0 Å². The first kappa shape index (κ1) is 18.1. The number of nitrogens with zero attached hydrogens (tertiary/aromatic N) is 1. The zero-order valence-corrected chi connectivity index (χ0v) is 14.3. The zero-order chi connectivity index (χ0) is 15.8. The normalized spacial score (nSPS) is 16.0. The van der Waals surface area contributed by atoms with Crippen molar-refractivity contribution in [2.24, 2.45) is 5.73 Å². The fraction of sp³-hybridized carbons (Fsp3) is 0.667. The second kappa shape index (κ2) is 9.19. The molecule has 1 aromatic rings. The SMILES string of the molecule is CCC(N)C(c1ccc(C)cc1)N(CCOC)C(C)CC. The first-order chi connectivity index (χ1) is 10.0. The van der Waals surface area contributed by atoms with Gasteiger partial charge in [-0.1, -0.05) is 43.7 Å². The lowest BCUT2D eigenvalue weighted by Gasteiger charge is -2.39. The summed E-state index contributed by atoms with van der Waals surface area (Å²) in [7, 11) is 1.76. The monoisotopic (exact) mass is 292 g/mol. The van der Waals surface area contributed by atoms with Crippen molar-refractivity contribution in [1.82, 2.24) is 4.90 Å². The minimum absolute atomic E-state index is 0.138. The number of rotatable bonds is 9. The van der Waals surface area contributed by atoms with Crippen LogP contribution in [0.25, 0.3) is 0 Å². The third-order valence-corrected chi connectivity index (χ3v) is 4.36. The van der Waals surface area contributed by atoms with Crippen LogP contribution in [0.3, 0.4) is 0 Å². The van der Waals surface area contributed by atoms with Crippen molar-refractivity contribution in [3.63, 3.8) is 0 Å². The fourth-order valence-electron chi connectivity index (χ4n) is 2.74. The van der Waals surface area contributed by atoms with Gasteiger partial charge in [0, 0.05) is 25.7 Å². The van der Waals surface area contributed by atoms with E-state index in [1.165, 1.54) is 11.1 Å². The maximum absolute atomic E-state index is 6.47. The Hall–Kier alpha value is -0.900. The quantitative estimate of drug-likeness (QED) is 0.757. The van der Waals surface area contributed by atoms with E-state index < -0.39 is 0 Å². The van der Waals surface area contributed by atoms with Gasteiger partial charge in [0.2, 0.25) is 0 Å². The van der Waals surface area contributed by atoms with Gasteiger partial charge < -0.3 is 10.5 Å². The molecule has 0 radical (unpaired) electrons. The number of aryl methyl sites for hydroxylation is 1. The number of hydrogen-bond donors (Lipinski definition) is 1. The highest BCUT2D eigenvalue weighted by atomic mass is 16.5. The number of hydrogen-bond acceptors (Lipinski definition) is 3. The zero-order valence-electron chi connectivity index (χ0n) is 14.3. The molecule has 1 rings (SSSR count). The number of benzene rings is 1. The van der Waals surface area contributed by atoms with Crippen LogP contribution in [0, 0.1) is 6.92 Å². The Morgan fingerprint density at radius 2 is 1.76 bits per heavy atom. The van der Waals surface area contributed by atoms with E-state index in [1.54, 1.807) is 7.11 Å². The van der Waals surface area contributed by atoms with Crippen LogP contribution in [0.15, 0.2) is 24.3 Å². The van der Waals surface area contributed by atoms with Gasteiger partial charge in [0.15, 0.2) is 0 Å². The largest absolute Gasteiger partial charge is 0.383 e. The van der Waals surface area contributed by atoms with Gasteiger partial charge in [-0.25, -0.2) is 0 Å². The summed E-state index contributed by atoms with van der Waals surface area (Å²) in [5.41, 5.74) is 9.07. The minimum atomic E-state index is 0.138. The molecule has 3 heteroatoms. The molecule has 21 heavy (non-hydrogen) atoms. The van der Waals surface area contributed by atoms with Gasteiger partial charge in [-0.3, -0.25) is 4.90 Å². The Kier molecular flexibility index (Phi) is 7.94. The van der Waals surface area contributed by atoms with Crippen molar-refractivity contribution in [1.29, 1.82) is 0 Å². The van der Waals surface area contributed by atoms with Gasteiger partial charge in [-0.05, 0) is 32.3 Å². The molecule has 3 nitrogen and oxygen atoms in total. The predicted octanol–water partition coefficient (Wildman–Crippen LogP) is 3.52. The molecule has 0 fully saturated rings. The number of nitrogens with two attached hydrogens (primary N) is 1. The third-order valence-electron chi connectivity index (χ3n) is 4.36. The highest BCUT2D eigenvalue weighted by Gasteiger charge is 2.28. The summed E-state index contributed by atoms with van der Waals surface area (Å²) >= 11 is 0. The Morgan fingerprint density at radius 3 is 2.24 bits per heavy atom. The van der Waals surface area contributed by atoms with E-state index in [9.17, 15) is 0 Å². The Balaban J connectivity index is 3.09. The molecule has 0 aliphatic rings. The number of ether oxygens (including phenoxy) is 1. The topological polar surface area (TPSA) is 38.5 Å². The molecule has 3 unspecified atom stereocenters. The second-order valence-electron chi connectivity index (χ2n) is 5.92. The van der Waals surface area contributed by atoms with Crippen molar-refractivity contribution in [2.45, 2.75) is 58.7 Å². The Labute approximate surface area is 130 Å². The fourth-order valence-corrected chi connectivity index (χ4v) is 2.74. The first-order valence-corrected chi connectivity index (χ1v) is 8.11. The molecule has 0 saturated carbocycles. The lowest BCUT2D eigenvalue weighted by Crippen LogP contribution is -2.46. The third kappa shape index (κ3) is 5.10. The lowest BCUT2D eigenvalue weighted by molar-refractivity contribution is 0.0755. The van der Waals surface area contributed by atoms with E-state index in [0.29, 0.717) is 6.04 Å². The molecule has 0 saturated heterocycles. The summed E-state index contributed by atoms with van der Waals surface area (Å²) in [5, 5.41) is 0. The maximum atomic E-state index is 6.47. The van der Waals surface area contributed by atoms with Crippen LogP contribution in [0.2, 0.25) is 0 Å². The average Bonchev–Trinajstić information content (AvgIpc) is 2.51. The molecule has 0 aliphatic heterocycles. The maximum Gasteiger partial charge on any atom is 0.0590 e. The first-order valence-electron chi connectivity index (χ1n) is 8.11. The van der Waals surface area contributed by atoms with Gasteiger partial charge >= 0.3 is 0 Å². The molecular formula is C18H32N2O. The van der Waals surface area contributed by atoms with E-state index in [-0.39, 0.29) is 12.1 Å². The summed E-state index contributed by atoms with van der Waals surface area (Å²) in [6, 6.07) is 9.67. The standard InChI is InChI=1S/C18H32N2O/c1-6-15(4)20(12-13-21-5)18(17(19)7-2)16-10-8-14(3)9-11-16/h8-11,15,17-18H,6-7,12-13,19H2,1-5H3. The summed E-state index contributed by atoms with van der Waals surface area (Å²) in [6.45, 7) is 10.4. The molecule has 0 aromatic heterocycles. The lowest BCUT2D eigenvalue weighted by atomic mass is 9.94. The van der Waals surface area contributed by atoms with E-state index in [4.69, 9.17) is 10.5 Å². The van der Waals surface area contributed by atoms with Crippen LogP contribution in [0.4, 0.5) is 0 Å². The van der Waals surface area contributed by atoms with Gasteiger partial charge in [-0.2, -0.15) is 0 Å². The Bertz CT molecular complexity index is 391. The molecule has 0 aliphatic carbocycles. The minimum Gasteiger partial charge on any atom is -0.383 e. The van der Waals surface area contributed by atoms with Crippen LogP contribution in [-0.2, 0) is 4.74 Å². The molecule has 2 N–H and O–H groups in total. The highest BCUT2D eigenvalue weighted by molar-refractivity contribution is 5.25.